The van der Waals surface area contributed by atoms with Gasteiger partial charge in [-0.05, 0) is 67.9 Å². The maximum absolute atomic E-state index is 12.2. The molecular formula is C18H29BrN2O2S. The number of thiophene rings is 1. The average Bonchev–Trinajstić information content (AvgIpc) is 2.77. The van der Waals surface area contributed by atoms with Crippen LogP contribution in [0.4, 0.5) is 4.79 Å². The molecule has 0 spiro atoms. The molecule has 0 aromatic carbocycles. The van der Waals surface area contributed by atoms with Crippen LogP contribution in [0.5, 0.6) is 0 Å². The maximum atomic E-state index is 12.2. The van der Waals surface area contributed by atoms with E-state index in [2.05, 4.69) is 44.9 Å². The number of carbonyl (C=O) groups excluding carboxylic acids is 1. The van der Waals surface area contributed by atoms with Crippen molar-refractivity contribution in [1.29, 1.82) is 0 Å². The highest BCUT2D eigenvalue weighted by Gasteiger charge is 2.28. The molecule has 1 aromatic heterocycles. The Morgan fingerprint density at radius 1 is 1.29 bits per heavy atom. The molecule has 4 nitrogen and oxygen atoms in total. The van der Waals surface area contributed by atoms with Gasteiger partial charge in [0.25, 0.3) is 0 Å². The number of carbonyl (C=O) groups is 1. The first-order chi connectivity index (χ1) is 11.3. The van der Waals surface area contributed by atoms with Crippen LogP contribution in [0.15, 0.2) is 15.9 Å². The topological polar surface area (TPSA) is 50.4 Å². The quantitative estimate of drug-likeness (QED) is 0.646. The molecule has 0 aliphatic heterocycles. The van der Waals surface area contributed by atoms with Crippen molar-refractivity contribution in [2.24, 2.45) is 0 Å². The molecule has 0 bridgehead atoms. The molecule has 2 N–H and O–H groups in total. The zero-order chi connectivity index (χ0) is 17.7. The maximum Gasteiger partial charge on any atom is 0.407 e. The third-order valence-corrected chi connectivity index (χ3v) is 6.27. The Morgan fingerprint density at radius 2 is 1.96 bits per heavy atom. The van der Waals surface area contributed by atoms with E-state index < -0.39 is 5.60 Å². The van der Waals surface area contributed by atoms with E-state index >= 15 is 0 Å². The Bertz CT molecular complexity index is 541. The summed E-state index contributed by atoms with van der Waals surface area (Å²) < 4.78 is 6.59. The molecule has 1 aliphatic rings. The number of hydrogen-bond acceptors (Lipinski definition) is 4. The SMILES string of the molecule is CC(NC1CCCCCC1NC(=O)OC(C)(C)C)c1sccc1Br. The molecule has 1 aliphatic carbocycles. The van der Waals surface area contributed by atoms with Crippen molar-refractivity contribution in [2.75, 3.05) is 0 Å². The first kappa shape index (κ1) is 19.7. The Hall–Kier alpha value is -0.590. The summed E-state index contributed by atoms with van der Waals surface area (Å²) >= 11 is 5.37. The van der Waals surface area contributed by atoms with Crippen LogP contribution in [0.2, 0.25) is 0 Å². The molecule has 1 amide bonds. The third kappa shape index (κ3) is 6.05. The third-order valence-electron chi connectivity index (χ3n) is 4.22. The van der Waals surface area contributed by atoms with Crippen LogP contribution in [0, 0.1) is 0 Å². The van der Waals surface area contributed by atoms with Gasteiger partial charge in [0.15, 0.2) is 0 Å². The average molecular weight is 417 g/mol. The van der Waals surface area contributed by atoms with Gasteiger partial charge in [-0.15, -0.1) is 11.3 Å². The van der Waals surface area contributed by atoms with Gasteiger partial charge >= 0.3 is 6.09 Å². The fourth-order valence-electron chi connectivity index (χ4n) is 3.15. The monoisotopic (exact) mass is 416 g/mol. The van der Waals surface area contributed by atoms with Gasteiger partial charge in [0, 0.05) is 27.5 Å². The van der Waals surface area contributed by atoms with Gasteiger partial charge in [-0.3, -0.25) is 0 Å². The summed E-state index contributed by atoms with van der Waals surface area (Å²) in [6.45, 7) is 7.87. The van der Waals surface area contributed by atoms with Crippen LogP contribution in [-0.2, 0) is 4.74 Å². The van der Waals surface area contributed by atoms with Gasteiger partial charge < -0.3 is 15.4 Å². The number of rotatable bonds is 4. The summed E-state index contributed by atoms with van der Waals surface area (Å²) in [6.07, 6.45) is 5.33. The zero-order valence-electron chi connectivity index (χ0n) is 15.0. The lowest BCUT2D eigenvalue weighted by Crippen LogP contribution is -2.51. The van der Waals surface area contributed by atoms with Crippen molar-refractivity contribution in [3.63, 3.8) is 0 Å². The van der Waals surface area contributed by atoms with Crippen LogP contribution in [0.1, 0.15) is 70.7 Å². The molecule has 0 radical (unpaired) electrons. The lowest BCUT2D eigenvalue weighted by Gasteiger charge is -2.31. The second kappa shape index (κ2) is 8.68. The second-order valence-electron chi connectivity index (χ2n) is 7.52. The largest absolute Gasteiger partial charge is 0.444 e. The number of hydrogen-bond donors (Lipinski definition) is 2. The van der Waals surface area contributed by atoms with Crippen molar-refractivity contribution in [3.05, 3.63) is 20.8 Å². The summed E-state index contributed by atoms with van der Waals surface area (Å²) in [4.78, 5) is 13.5. The van der Waals surface area contributed by atoms with E-state index in [4.69, 9.17) is 4.74 Å². The van der Waals surface area contributed by atoms with E-state index in [1.807, 2.05) is 20.8 Å². The summed E-state index contributed by atoms with van der Waals surface area (Å²) in [7, 11) is 0. The first-order valence-corrected chi connectivity index (χ1v) is 10.4. The van der Waals surface area contributed by atoms with E-state index in [0.29, 0.717) is 0 Å². The molecule has 1 saturated carbocycles. The number of amides is 1. The van der Waals surface area contributed by atoms with Crippen LogP contribution < -0.4 is 10.6 Å². The molecule has 3 unspecified atom stereocenters. The normalized spacial score (nSPS) is 23.4. The molecule has 1 heterocycles. The Balaban J connectivity index is 2.01. The van der Waals surface area contributed by atoms with Crippen molar-refractivity contribution in [2.45, 2.75) is 83.5 Å². The van der Waals surface area contributed by atoms with Crippen LogP contribution in [-0.4, -0.2) is 23.8 Å². The van der Waals surface area contributed by atoms with E-state index in [0.717, 1.165) is 23.7 Å². The highest BCUT2D eigenvalue weighted by Crippen LogP contribution is 2.30. The number of ether oxygens (including phenoxy) is 1. The highest BCUT2D eigenvalue weighted by atomic mass is 79.9. The fraction of sp³-hybridized carbons (Fsp3) is 0.722. The van der Waals surface area contributed by atoms with E-state index in [9.17, 15) is 4.79 Å². The Morgan fingerprint density at radius 3 is 2.54 bits per heavy atom. The Kier molecular flexibility index (Phi) is 7.13. The van der Waals surface area contributed by atoms with Crippen LogP contribution in [0.25, 0.3) is 0 Å². The molecule has 6 heteroatoms. The minimum Gasteiger partial charge on any atom is -0.444 e. The van der Waals surface area contributed by atoms with Crippen LogP contribution in [0.3, 0.4) is 0 Å². The van der Waals surface area contributed by atoms with Crippen LogP contribution >= 0.6 is 27.3 Å². The zero-order valence-corrected chi connectivity index (χ0v) is 17.4. The summed E-state index contributed by atoms with van der Waals surface area (Å²) in [5.41, 5.74) is -0.465. The van der Waals surface area contributed by atoms with Gasteiger partial charge in [-0.25, -0.2) is 4.79 Å². The van der Waals surface area contributed by atoms with Gasteiger partial charge in [0.2, 0.25) is 0 Å². The standard InChI is InChI=1S/C18H29BrN2O2S/c1-12(16-13(19)10-11-24-16)20-14-8-6-5-7-9-15(14)21-17(22)23-18(2,3)4/h10-12,14-15,20H,5-9H2,1-4H3,(H,21,22). The minimum absolute atomic E-state index is 0.114. The molecule has 24 heavy (non-hydrogen) atoms. The lowest BCUT2D eigenvalue weighted by atomic mass is 10.0. The van der Waals surface area contributed by atoms with E-state index in [1.54, 1.807) is 11.3 Å². The molecule has 1 fully saturated rings. The number of alkyl carbamates (subject to hydrolysis) is 1. The van der Waals surface area contributed by atoms with Crippen molar-refractivity contribution in [3.8, 4) is 0 Å². The van der Waals surface area contributed by atoms with Gasteiger partial charge in [0.1, 0.15) is 5.60 Å². The smallest absolute Gasteiger partial charge is 0.407 e. The molecule has 3 atom stereocenters. The van der Waals surface area contributed by atoms with E-state index in [-0.39, 0.29) is 24.2 Å². The van der Waals surface area contributed by atoms with E-state index in [1.165, 1.54) is 17.7 Å². The summed E-state index contributed by atoms with van der Waals surface area (Å²) in [6, 6.07) is 2.72. The summed E-state index contributed by atoms with van der Waals surface area (Å²) in [5, 5.41) is 8.93. The molecule has 0 saturated heterocycles. The highest BCUT2D eigenvalue weighted by molar-refractivity contribution is 9.10. The number of nitrogens with one attached hydrogen (secondary N) is 2. The number of halogens is 1. The molecule has 136 valence electrons. The van der Waals surface area contributed by atoms with Crippen molar-refractivity contribution < 1.29 is 9.53 Å². The van der Waals surface area contributed by atoms with Gasteiger partial charge in [0.05, 0.1) is 0 Å². The van der Waals surface area contributed by atoms with Crippen molar-refractivity contribution >= 4 is 33.4 Å². The molecule has 2 rings (SSSR count). The van der Waals surface area contributed by atoms with Crippen molar-refractivity contribution in [1.82, 2.24) is 10.6 Å². The summed E-state index contributed by atoms with van der Waals surface area (Å²) in [5.74, 6) is 0. The Labute approximate surface area is 157 Å². The molecule has 1 aromatic rings. The second-order valence-corrected chi connectivity index (χ2v) is 9.32. The lowest BCUT2D eigenvalue weighted by molar-refractivity contribution is 0.0488. The fourth-order valence-corrected chi connectivity index (χ4v) is 4.88. The predicted octanol–water partition coefficient (Wildman–Crippen LogP) is 5.39. The molecular weight excluding hydrogens is 388 g/mol. The minimum atomic E-state index is -0.465. The predicted molar refractivity (Wildman–Crippen MR) is 104 cm³/mol. The van der Waals surface area contributed by atoms with Gasteiger partial charge in [-0.1, -0.05) is 19.3 Å². The first-order valence-electron chi connectivity index (χ1n) is 8.75. The van der Waals surface area contributed by atoms with Gasteiger partial charge in [-0.2, -0.15) is 0 Å².